The minimum atomic E-state index is 0.366. The minimum absolute atomic E-state index is 0.366. The molecule has 0 radical (unpaired) electrons. The summed E-state index contributed by atoms with van der Waals surface area (Å²) < 4.78 is 1.96. The second-order valence-corrected chi connectivity index (χ2v) is 4.09. The van der Waals surface area contributed by atoms with Gasteiger partial charge in [0.2, 0.25) is 0 Å². The van der Waals surface area contributed by atoms with Gasteiger partial charge in [0.1, 0.15) is 12.2 Å². The highest BCUT2D eigenvalue weighted by molar-refractivity contribution is 4.86. The van der Waals surface area contributed by atoms with Gasteiger partial charge >= 0.3 is 0 Å². The molecule has 0 fully saturated rings. The average Bonchev–Trinajstić information content (AvgIpc) is 2.62. The first-order valence-electron chi connectivity index (χ1n) is 5.42. The maximum Gasteiger partial charge on any atom is 0.141 e. The Labute approximate surface area is 91.3 Å². The first-order chi connectivity index (χ1) is 7.15. The van der Waals surface area contributed by atoms with E-state index in [4.69, 9.17) is 5.73 Å². The normalized spacial score (nSPS) is 11.6. The standard InChI is InChI=1S/C10H21N5/c1-9(2)15-10(12-8-13-15)7-14(3)6-4-5-11/h8-9H,4-7,11H2,1-3H3. The SMILES string of the molecule is CC(C)n1ncnc1CN(C)CCCN. The largest absolute Gasteiger partial charge is 0.330 e. The first kappa shape index (κ1) is 12.1. The quantitative estimate of drug-likeness (QED) is 0.750. The van der Waals surface area contributed by atoms with Gasteiger partial charge in [-0.25, -0.2) is 9.67 Å². The lowest BCUT2D eigenvalue weighted by atomic mass is 10.3. The van der Waals surface area contributed by atoms with Crippen molar-refractivity contribution in [3.63, 3.8) is 0 Å². The highest BCUT2D eigenvalue weighted by Gasteiger charge is 2.09. The Morgan fingerprint density at radius 1 is 1.53 bits per heavy atom. The van der Waals surface area contributed by atoms with Gasteiger partial charge in [0.25, 0.3) is 0 Å². The van der Waals surface area contributed by atoms with Crippen LogP contribution < -0.4 is 5.73 Å². The number of nitrogens with zero attached hydrogens (tertiary/aromatic N) is 4. The van der Waals surface area contributed by atoms with Gasteiger partial charge in [-0.05, 0) is 40.4 Å². The van der Waals surface area contributed by atoms with E-state index in [1.165, 1.54) is 0 Å². The number of hydrogen-bond acceptors (Lipinski definition) is 4. The summed E-state index contributed by atoms with van der Waals surface area (Å²) in [6.45, 7) is 6.79. The molecule has 0 aliphatic rings. The van der Waals surface area contributed by atoms with E-state index in [-0.39, 0.29) is 0 Å². The highest BCUT2D eigenvalue weighted by atomic mass is 15.4. The van der Waals surface area contributed by atoms with Crippen LogP contribution in [0.15, 0.2) is 6.33 Å². The van der Waals surface area contributed by atoms with Crippen molar-refractivity contribution in [1.82, 2.24) is 19.7 Å². The zero-order valence-corrected chi connectivity index (χ0v) is 9.85. The van der Waals surface area contributed by atoms with Gasteiger partial charge in [-0.15, -0.1) is 0 Å². The summed E-state index contributed by atoms with van der Waals surface area (Å²) in [5.74, 6) is 1.02. The van der Waals surface area contributed by atoms with Gasteiger partial charge in [-0.1, -0.05) is 0 Å². The molecular formula is C10H21N5. The molecule has 1 aromatic rings. The molecule has 86 valence electrons. The van der Waals surface area contributed by atoms with Crippen molar-refractivity contribution >= 4 is 0 Å². The smallest absolute Gasteiger partial charge is 0.141 e. The Morgan fingerprint density at radius 2 is 2.27 bits per heavy atom. The van der Waals surface area contributed by atoms with E-state index < -0.39 is 0 Å². The molecule has 0 aromatic carbocycles. The van der Waals surface area contributed by atoms with E-state index >= 15 is 0 Å². The summed E-state index contributed by atoms with van der Waals surface area (Å²) >= 11 is 0. The van der Waals surface area contributed by atoms with Crippen LogP contribution in [-0.2, 0) is 6.54 Å². The Kier molecular flexibility index (Phi) is 4.71. The molecule has 0 amide bonds. The fourth-order valence-corrected chi connectivity index (χ4v) is 1.50. The summed E-state index contributed by atoms with van der Waals surface area (Å²) in [5.41, 5.74) is 5.47. The van der Waals surface area contributed by atoms with Crippen molar-refractivity contribution in [2.24, 2.45) is 5.73 Å². The molecule has 0 atom stereocenters. The molecule has 0 aliphatic carbocycles. The third-order valence-corrected chi connectivity index (χ3v) is 2.29. The van der Waals surface area contributed by atoms with Crippen LogP contribution in [0.5, 0.6) is 0 Å². The Balaban J connectivity index is 2.52. The molecule has 5 nitrogen and oxygen atoms in total. The number of hydrogen-bond donors (Lipinski definition) is 1. The zero-order chi connectivity index (χ0) is 11.3. The molecule has 15 heavy (non-hydrogen) atoms. The summed E-state index contributed by atoms with van der Waals surface area (Å²) in [6.07, 6.45) is 2.64. The lowest BCUT2D eigenvalue weighted by Gasteiger charge is -2.17. The third kappa shape index (κ3) is 3.60. The molecule has 0 saturated heterocycles. The topological polar surface area (TPSA) is 60.0 Å². The number of aromatic nitrogens is 3. The van der Waals surface area contributed by atoms with Crippen molar-refractivity contribution < 1.29 is 0 Å². The Morgan fingerprint density at radius 3 is 2.87 bits per heavy atom. The number of nitrogens with two attached hydrogens (primary N) is 1. The average molecular weight is 211 g/mol. The van der Waals surface area contributed by atoms with Crippen LogP contribution in [0.3, 0.4) is 0 Å². The van der Waals surface area contributed by atoms with Crippen molar-refractivity contribution in [3.05, 3.63) is 12.2 Å². The van der Waals surface area contributed by atoms with Crippen LogP contribution in [0.25, 0.3) is 0 Å². The van der Waals surface area contributed by atoms with Gasteiger partial charge in [0.15, 0.2) is 0 Å². The van der Waals surface area contributed by atoms with Crippen molar-refractivity contribution in [2.75, 3.05) is 20.1 Å². The molecule has 1 rings (SSSR count). The maximum atomic E-state index is 5.47. The summed E-state index contributed by atoms with van der Waals surface area (Å²) in [5, 5.41) is 4.20. The first-order valence-corrected chi connectivity index (χ1v) is 5.42. The summed E-state index contributed by atoms with van der Waals surface area (Å²) in [7, 11) is 2.08. The highest BCUT2D eigenvalue weighted by Crippen LogP contribution is 2.07. The summed E-state index contributed by atoms with van der Waals surface area (Å²) in [4.78, 5) is 6.48. The second kappa shape index (κ2) is 5.82. The van der Waals surface area contributed by atoms with Crippen molar-refractivity contribution in [1.29, 1.82) is 0 Å². The van der Waals surface area contributed by atoms with Crippen LogP contribution in [-0.4, -0.2) is 39.8 Å². The van der Waals surface area contributed by atoms with Crippen molar-refractivity contribution in [2.45, 2.75) is 32.9 Å². The van der Waals surface area contributed by atoms with E-state index in [0.29, 0.717) is 6.04 Å². The molecule has 1 heterocycles. The van der Waals surface area contributed by atoms with Crippen molar-refractivity contribution in [3.8, 4) is 0 Å². The fourth-order valence-electron chi connectivity index (χ4n) is 1.50. The van der Waals surface area contributed by atoms with E-state index in [9.17, 15) is 0 Å². The van der Waals surface area contributed by atoms with E-state index in [1.807, 2.05) is 4.68 Å². The maximum absolute atomic E-state index is 5.47. The van der Waals surface area contributed by atoms with Gasteiger partial charge in [0.05, 0.1) is 6.54 Å². The van der Waals surface area contributed by atoms with Gasteiger partial charge in [0, 0.05) is 6.04 Å². The molecule has 2 N–H and O–H groups in total. The van der Waals surface area contributed by atoms with E-state index in [2.05, 4.69) is 35.9 Å². The van der Waals surface area contributed by atoms with Crippen LogP contribution in [0, 0.1) is 0 Å². The second-order valence-electron chi connectivity index (χ2n) is 4.09. The molecule has 1 aromatic heterocycles. The molecule has 0 unspecified atom stereocenters. The zero-order valence-electron chi connectivity index (χ0n) is 9.85. The van der Waals surface area contributed by atoms with Crippen LogP contribution >= 0.6 is 0 Å². The fraction of sp³-hybridized carbons (Fsp3) is 0.800. The lowest BCUT2D eigenvalue weighted by molar-refractivity contribution is 0.304. The van der Waals surface area contributed by atoms with E-state index in [1.54, 1.807) is 6.33 Å². The lowest BCUT2D eigenvalue weighted by Crippen LogP contribution is -2.24. The van der Waals surface area contributed by atoms with Gasteiger partial charge in [-0.3, -0.25) is 4.90 Å². The van der Waals surface area contributed by atoms with Crippen LogP contribution in [0.4, 0.5) is 0 Å². The van der Waals surface area contributed by atoms with Crippen LogP contribution in [0.1, 0.15) is 32.1 Å². The van der Waals surface area contributed by atoms with Gasteiger partial charge in [-0.2, -0.15) is 5.10 Å². The minimum Gasteiger partial charge on any atom is -0.330 e. The van der Waals surface area contributed by atoms with Gasteiger partial charge < -0.3 is 5.73 Å². The predicted octanol–water partition coefficient (Wildman–Crippen LogP) is 0.640. The van der Waals surface area contributed by atoms with Crippen LogP contribution in [0.2, 0.25) is 0 Å². The molecular weight excluding hydrogens is 190 g/mol. The Bertz CT molecular complexity index is 281. The molecule has 0 spiro atoms. The molecule has 5 heteroatoms. The monoisotopic (exact) mass is 211 g/mol. The Hall–Kier alpha value is -0.940. The predicted molar refractivity (Wildman–Crippen MR) is 60.4 cm³/mol. The van der Waals surface area contributed by atoms with E-state index in [0.717, 1.165) is 31.9 Å². The third-order valence-electron chi connectivity index (χ3n) is 2.29. The summed E-state index contributed by atoms with van der Waals surface area (Å²) in [6, 6.07) is 0.366. The molecule has 0 saturated carbocycles. The molecule has 0 aliphatic heterocycles. The number of rotatable bonds is 6. The molecule has 0 bridgehead atoms.